The molecule has 0 aromatic rings. The largest absolute Gasteiger partial charge is 0.375 e. The Kier molecular flexibility index (Phi) is 2.99. The molecule has 0 N–H and O–H groups in total. The number of carbonyl (C=O) groups is 1. The van der Waals surface area contributed by atoms with Crippen molar-refractivity contribution in [2.45, 2.75) is 44.0 Å². The molecule has 78 valence electrons. The Hall–Kier alpha value is -0.670. The molecule has 2 aliphatic rings. The molecule has 0 saturated carbocycles. The van der Waals surface area contributed by atoms with Gasteiger partial charge < -0.3 is 9.47 Å². The van der Waals surface area contributed by atoms with Gasteiger partial charge >= 0.3 is 0 Å². The van der Waals surface area contributed by atoms with E-state index in [1.165, 1.54) is 0 Å². The van der Waals surface area contributed by atoms with Gasteiger partial charge in [0.2, 0.25) is 0 Å². The van der Waals surface area contributed by atoms with E-state index in [0.29, 0.717) is 12.8 Å². The van der Waals surface area contributed by atoms with Crippen LogP contribution in [0.3, 0.4) is 0 Å². The zero-order valence-electron chi connectivity index (χ0n) is 8.28. The fourth-order valence-electron chi connectivity index (χ4n) is 2.11. The third-order valence-electron chi connectivity index (χ3n) is 2.86. The molecule has 0 spiro atoms. The molecule has 2 heterocycles. The van der Waals surface area contributed by atoms with E-state index in [1.807, 2.05) is 0 Å². The number of hydrogen-bond acceptors (Lipinski definition) is 3. The van der Waals surface area contributed by atoms with Gasteiger partial charge in [-0.15, -0.1) is 6.58 Å². The number of hydrogen-bond donors (Lipinski definition) is 0. The van der Waals surface area contributed by atoms with Gasteiger partial charge in [-0.05, 0) is 19.3 Å². The van der Waals surface area contributed by atoms with E-state index in [1.54, 1.807) is 6.08 Å². The first-order valence-corrected chi connectivity index (χ1v) is 5.22. The zero-order chi connectivity index (χ0) is 9.97. The highest BCUT2D eigenvalue weighted by atomic mass is 16.6. The van der Waals surface area contributed by atoms with Gasteiger partial charge in [-0.25, -0.2) is 0 Å². The Morgan fingerprint density at radius 3 is 3.14 bits per heavy atom. The van der Waals surface area contributed by atoms with Crippen LogP contribution in [0.1, 0.15) is 25.7 Å². The number of Topliss-reactive ketones (excluding diaryl/α,β-unsaturated/α-hetero) is 1. The number of fused-ring (bicyclic) bond motifs is 1. The molecule has 0 aromatic carbocycles. The van der Waals surface area contributed by atoms with Gasteiger partial charge in [-0.2, -0.15) is 0 Å². The van der Waals surface area contributed by atoms with Gasteiger partial charge in [-0.3, -0.25) is 4.79 Å². The number of ether oxygens (including phenoxy) is 2. The molecule has 3 nitrogen and oxygen atoms in total. The van der Waals surface area contributed by atoms with E-state index in [9.17, 15) is 4.79 Å². The minimum atomic E-state index is -0.268. The van der Waals surface area contributed by atoms with Crippen molar-refractivity contribution in [1.29, 1.82) is 0 Å². The van der Waals surface area contributed by atoms with Gasteiger partial charge in [0.15, 0.2) is 5.78 Å². The van der Waals surface area contributed by atoms with Crippen LogP contribution in [0.25, 0.3) is 0 Å². The number of carbonyl (C=O) groups excluding carboxylic acids is 1. The Morgan fingerprint density at radius 2 is 2.36 bits per heavy atom. The number of ketones is 1. The Labute approximate surface area is 84.1 Å². The van der Waals surface area contributed by atoms with Gasteiger partial charge in [0.05, 0.1) is 12.2 Å². The first-order chi connectivity index (χ1) is 6.81. The molecule has 0 radical (unpaired) electrons. The smallest absolute Gasteiger partial charge is 0.164 e. The van der Waals surface area contributed by atoms with E-state index in [-0.39, 0.29) is 24.1 Å². The van der Waals surface area contributed by atoms with Crippen molar-refractivity contribution in [1.82, 2.24) is 0 Å². The summed E-state index contributed by atoms with van der Waals surface area (Å²) in [6.07, 6.45) is 4.82. The molecule has 3 atom stereocenters. The van der Waals surface area contributed by atoms with Crippen molar-refractivity contribution in [2.24, 2.45) is 0 Å². The standard InChI is InChI=1S/C11H16O3/c1-2-4-9-8(12)7-11-10(14-9)5-3-6-13-11/h2,9-11H,1,3-7H2/t9-,10+,11-/m0/s1. The van der Waals surface area contributed by atoms with Crippen molar-refractivity contribution in [3.63, 3.8) is 0 Å². The van der Waals surface area contributed by atoms with Crippen LogP contribution in [0.15, 0.2) is 12.7 Å². The lowest BCUT2D eigenvalue weighted by Gasteiger charge is -2.38. The SMILES string of the molecule is C=CC[C@@H]1O[C@@H]2CCCO[C@H]2CC1=O. The summed E-state index contributed by atoms with van der Waals surface area (Å²) in [7, 11) is 0. The molecule has 0 amide bonds. The number of rotatable bonds is 2. The van der Waals surface area contributed by atoms with Crippen LogP contribution in [0.5, 0.6) is 0 Å². The minimum Gasteiger partial charge on any atom is -0.375 e. The van der Waals surface area contributed by atoms with E-state index in [4.69, 9.17) is 9.47 Å². The van der Waals surface area contributed by atoms with E-state index in [0.717, 1.165) is 19.4 Å². The zero-order valence-corrected chi connectivity index (χ0v) is 8.28. The molecule has 2 saturated heterocycles. The van der Waals surface area contributed by atoms with Crippen molar-refractivity contribution in [2.75, 3.05) is 6.61 Å². The monoisotopic (exact) mass is 196 g/mol. The summed E-state index contributed by atoms with van der Waals surface area (Å²) >= 11 is 0. The second-order valence-corrected chi connectivity index (χ2v) is 3.91. The molecule has 0 aliphatic carbocycles. The first-order valence-electron chi connectivity index (χ1n) is 5.22. The van der Waals surface area contributed by atoms with Gasteiger partial charge in [0, 0.05) is 13.0 Å². The van der Waals surface area contributed by atoms with E-state index < -0.39 is 0 Å². The van der Waals surface area contributed by atoms with Crippen molar-refractivity contribution in [3.05, 3.63) is 12.7 Å². The fraction of sp³-hybridized carbons (Fsp3) is 0.727. The van der Waals surface area contributed by atoms with Crippen LogP contribution in [-0.2, 0) is 14.3 Å². The molecule has 14 heavy (non-hydrogen) atoms. The maximum absolute atomic E-state index is 11.6. The minimum absolute atomic E-state index is 0.0114. The van der Waals surface area contributed by atoms with Crippen LogP contribution in [0.4, 0.5) is 0 Å². The summed E-state index contributed by atoms with van der Waals surface area (Å²) in [4.78, 5) is 11.6. The maximum Gasteiger partial charge on any atom is 0.164 e. The maximum atomic E-state index is 11.6. The summed E-state index contributed by atoms with van der Waals surface area (Å²) in [5, 5.41) is 0. The van der Waals surface area contributed by atoms with Crippen LogP contribution >= 0.6 is 0 Å². The lowest BCUT2D eigenvalue weighted by molar-refractivity contribution is -0.175. The van der Waals surface area contributed by atoms with Crippen molar-refractivity contribution < 1.29 is 14.3 Å². The second kappa shape index (κ2) is 4.24. The second-order valence-electron chi connectivity index (χ2n) is 3.91. The molecule has 0 aromatic heterocycles. The normalized spacial score (nSPS) is 37.7. The third kappa shape index (κ3) is 1.88. The predicted molar refractivity (Wildman–Crippen MR) is 52.1 cm³/mol. The first kappa shape index (κ1) is 9.87. The lowest BCUT2D eigenvalue weighted by Crippen LogP contribution is -2.47. The summed E-state index contributed by atoms with van der Waals surface area (Å²) in [6, 6.07) is 0. The van der Waals surface area contributed by atoms with Crippen LogP contribution in [-0.4, -0.2) is 30.7 Å². The van der Waals surface area contributed by atoms with Crippen LogP contribution in [0, 0.1) is 0 Å². The molecular formula is C11H16O3. The molecular weight excluding hydrogens is 180 g/mol. The van der Waals surface area contributed by atoms with Gasteiger partial charge in [0.1, 0.15) is 6.10 Å². The van der Waals surface area contributed by atoms with E-state index >= 15 is 0 Å². The molecule has 2 rings (SSSR count). The Morgan fingerprint density at radius 1 is 1.50 bits per heavy atom. The van der Waals surface area contributed by atoms with Crippen LogP contribution < -0.4 is 0 Å². The van der Waals surface area contributed by atoms with Gasteiger partial charge in [0.25, 0.3) is 0 Å². The topological polar surface area (TPSA) is 35.5 Å². The molecule has 0 unspecified atom stereocenters. The average molecular weight is 196 g/mol. The van der Waals surface area contributed by atoms with Gasteiger partial charge in [-0.1, -0.05) is 6.08 Å². The Bertz CT molecular complexity index is 237. The average Bonchev–Trinajstić information content (AvgIpc) is 2.19. The van der Waals surface area contributed by atoms with Crippen molar-refractivity contribution in [3.8, 4) is 0 Å². The predicted octanol–water partition coefficient (Wildman–Crippen LogP) is 1.47. The highest BCUT2D eigenvalue weighted by Crippen LogP contribution is 2.27. The third-order valence-corrected chi connectivity index (χ3v) is 2.86. The molecule has 0 bridgehead atoms. The Balaban J connectivity index is 1.99. The summed E-state index contributed by atoms with van der Waals surface area (Å²) in [6.45, 7) is 4.40. The highest BCUT2D eigenvalue weighted by molar-refractivity contribution is 5.84. The molecule has 2 fully saturated rings. The molecule has 2 aliphatic heterocycles. The molecule has 3 heteroatoms. The van der Waals surface area contributed by atoms with E-state index in [2.05, 4.69) is 6.58 Å². The summed E-state index contributed by atoms with van der Waals surface area (Å²) in [5.41, 5.74) is 0. The quantitative estimate of drug-likeness (QED) is 0.627. The lowest BCUT2D eigenvalue weighted by atomic mass is 9.94. The highest BCUT2D eigenvalue weighted by Gasteiger charge is 2.38. The summed E-state index contributed by atoms with van der Waals surface area (Å²) < 4.78 is 11.2. The van der Waals surface area contributed by atoms with Crippen molar-refractivity contribution >= 4 is 5.78 Å². The summed E-state index contributed by atoms with van der Waals surface area (Å²) in [5.74, 6) is 0.160. The fourth-order valence-corrected chi connectivity index (χ4v) is 2.11. The van der Waals surface area contributed by atoms with Crippen LogP contribution in [0.2, 0.25) is 0 Å².